The lowest BCUT2D eigenvalue weighted by Crippen LogP contribution is -2.39. The van der Waals surface area contributed by atoms with Crippen LogP contribution in [-0.4, -0.2) is 42.5 Å². The first-order chi connectivity index (χ1) is 10.1. The maximum atomic E-state index is 12.3. The van der Waals surface area contributed by atoms with E-state index in [2.05, 4.69) is 4.98 Å². The molecule has 2 N–H and O–H groups in total. The van der Waals surface area contributed by atoms with E-state index in [1.807, 2.05) is 31.2 Å². The summed E-state index contributed by atoms with van der Waals surface area (Å²) in [5.74, 6) is 0.687. The van der Waals surface area contributed by atoms with E-state index in [9.17, 15) is 4.79 Å². The highest BCUT2D eigenvalue weighted by atomic mass is 35.5. The molecule has 128 valence electrons. The van der Waals surface area contributed by atoms with Gasteiger partial charge in [0.1, 0.15) is 16.5 Å². The van der Waals surface area contributed by atoms with Gasteiger partial charge in [-0.05, 0) is 31.2 Å². The molecule has 1 heterocycles. The van der Waals surface area contributed by atoms with Gasteiger partial charge < -0.3 is 15.4 Å². The number of thiazole rings is 1. The fraction of sp³-hybridized carbons (Fsp3) is 0.333. The van der Waals surface area contributed by atoms with Crippen molar-refractivity contribution >= 4 is 42.1 Å². The van der Waals surface area contributed by atoms with E-state index in [0.29, 0.717) is 12.2 Å². The SMILES string of the molecule is COc1ccc(-c2nc(C(=O)N(C)C(C)CN)cs2)cc1.Cl.Cl. The van der Waals surface area contributed by atoms with E-state index in [-0.39, 0.29) is 36.8 Å². The fourth-order valence-electron chi connectivity index (χ4n) is 1.78. The van der Waals surface area contributed by atoms with Gasteiger partial charge >= 0.3 is 0 Å². The maximum absolute atomic E-state index is 12.3. The van der Waals surface area contributed by atoms with Gasteiger partial charge in [0.15, 0.2) is 0 Å². The molecule has 1 aromatic heterocycles. The lowest BCUT2D eigenvalue weighted by atomic mass is 10.2. The van der Waals surface area contributed by atoms with Crippen LogP contribution in [0.2, 0.25) is 0 Å². The lowest BCUT2D eigenvalue weighted by Gasteiger charge is -2.22. The molecular formula is C15H21Cl2N3O2S. The van der Waals surface area contributed by atoms with Crippen molar-refractivity contribution in [2.24, 2.45) is 5.73 Å². The standard InChI is InChI=1S/C15H19N3O2S.2ClH/c1-10(8-16)18(2)15(19)13-9-21-14(17-13)11-4-6-12(20-3)7-5-11;;/h4-7,9-10H,8,16H2,1-3H3;2*1H. The minimum atomic E-state index is -0.107. The van der Waals surface area contributed by atoms with Crippen LogP contribution in [0.1, 0.15) is 17.4 Å². The van der Waals surface area contributed by atoms with Crippen molar-refractivity contribution in [3.8, 4) is 16.3 Å². The van der Waals surface area contributed by atoms with Crippen LogP contribution in [0.4, 0.5) is 0 Å². The molecule has 0 saturated carbocycles. The molecule has 5 nitrogen and oxygen atoms in total. The molecule has 8 heteroatoms. The Morgan fingerprint density at radius 1 is 1.35 bits per heavy atom. The molecule has 0 saturated heterocycles. The van der Waals surface area contributed by atoms with Crippen LogP contribution in [0.5, 0.6) is 5.75 Å². The van der Waals surface area contributed by atoms with Gasteiger partial charge in [-0.2, -0.15) is 0 Å². The zero-order chi connectivity index (χ0) is 15.4. The Kier molecular flexibility index (Phi) is 9.16. The van der Waals surface area contributed by atoms with Crippen LogP contribution in [0.25, 0.3) is 10.6 Å². The zero-order valence-electron chi connectivity index (χ0n) is 13.2. The summed E-state index contributed by atoms with van der Waals surface area (Å²) < 4.78 is 5.13. The highest BCUT2D eigenvalue weighted by Gasteiger charge is 2.19. The number of methoxy groups -OCH3 is 1. The Morgan fingerprint density at radius 3 is 2.48 bits per heavy atom. The topological polar surface area (TPSA) is 68.5 Å². The average molecular weight is 378 g/mol. The van der Waals surface area contributed by atoms with Crippen molar-refractivity contribution in [2.75, 3.05) is 20.7 Å². The molecular weight excluding hydrogens is 357 g/mol. The summed E-state index contributed by atoms with van der Waals surface area (Å²) >= 11 is 1.45. The smallest absolute Gasteiger partial charge is 0.273 e. The largest absolute Gasteiger partial charge is 0.497 e. The quantitative estimate of drug-likeness (QED) is 0.868. The Hall–Kier alpha value is -1.34. The first kappa shape index (κ1) is 21.7. The molecule has 1 unspecified atom stereocenters. The Bertz CT molecular complexity index is 619. The third-order valence-electron chi connectivity index (χ3n) is 3.38. The van der Waals surface area contributed by atoms with Crippen LogP contribution in [-0.2, 0) is 0 Å². The summed E-state index contributed by atoms with van der Waals surface area (Å²) in [4.78, 5) is 18.3. The second-order valence-corrected chi connectivity index (χ2v) is 5.63. The number of carbonyl (C=O) groups is 1. The fourth-order valence-corrected chi connectivity index (χ4v) is 2.58. The van der Waals surface area contributed by atoms with E-state index in [1.54, 1.807) is 24.4 Å². The molecule has 1 aromatic carbocycles. The minimum absolute atomic E-state index is 0. The van der Waals surface area contributed by atoms with Crippen molar-refractivity contribution in [1.29, 1.82) is 0 Å². The summed E-state index contributed by atoms with van der Waals surface area (Å²) in [6, 6.07) is 7.60. The van der Waals surface area contributed by atoms with Crippen molar-refractivity contribution in [3.63, 3.8) is 0 Å². The molecule has 0 bridgehead atoms. The van der Waals surface area contributed by atoms with Crippen LogP contribution >= 0.6 is 36.2 Å². The van der Waals surface area contributed by atoms with Crippen LogP contribution in [0.15, 0.2) is 29.6 Å². The second-order valence-electron chi connectivity index (χ2n) is 4.77. The molecule has 1 amide bonds. The van der Waals surface area contributed by atoms with Crippen LogP contribution in [0.3, 0.4) is 0 Å². The van der Waals surface area contributed by atoms with Gasteiger partial charge in [0.2, 0.25) is 0 Å². The number of nitrogens with two attached hydrogens (primary N) is 1. The Balaban J connectivity index is 0.00000242. The molecule has 23 heavy (non-hydrogen) atoms. The van der Waals surface area contributed by atoms with Crippen LogP contribution in [0, 0.1) is 0 Å². The number of aromatic nitrogens is 1. The van der Waals surface area contributed by atoms with Crippen molar-refractivity contribution in [1.82, 2.24) is 9.88 Å². The third kappa shape index (κ3) is 5.07. The van der Waals surface area contributed by atoms with E-state index < -0.39 is 0 Å². The number of amides is 1. The molecule has 1 atom stereocenters. The zero-order valence-corrected chi connectivity index (χ0v) is 15.6. The van der Waals surface area contributed by atoms with Gasteiger partial charge in [-0.25, -0.2) is 4.98 Å². The minimum Gasteiger partial charge on any atom is -0.497 e. The van der Waals surface area contributed by atoms with Crippen LogP contribution < -0.4 is 10.5 Å². The summed E-state index contributed by atoms with van der Waals surface area (Å²) in [5, 5.41) is 2.59. The Morgan fingerprint density at radius 2 is 1.96 bits per heavy atom. The van der Waals surface area contributed by atoms with Gasteiger partial charge in [-0.1, -0.05) is 0 Å². The van der Waals surface area contributed by atoms with Crippen molar-refractivity contribution in [3.05, 3.63) is 35.3 Å². The Labute approximate surface area is 152 Å². The molecule has 0 aliphatic carbocycles. The molecule has 0 spiro atoms. The second kappa shape index (κ2) is 9.72. The normalized spacial score (nSPS) is 11.0. The number of likely N-dealkylation sites (N-methyl/N-ethyl adjacent to an activating group) is 1. The molecule has 2 rings (SSSR count). The van der Waals surface area contributed by atoms with E-state index in [4.69, 9.17) is 10.5 Å². The number of nitrogens with zero attached hydrogens (tertiary/aromatic N) is 2. The third-order valence-corrected chi connectivity index (χ3v) is 4.27. The van der Waals surface area contributed by atoms with Gasteiger partial charge in [0.05, 0.1) is 7.11 Å². The number of hydrogen-bond donors (Lipinski definition) is 1. The number of hydrogen-bond acceptors (Lipinski definition) is 5. The lowest BCUT2D eigenvalue weighted by molar-refractivity contribution is 0.0743. The first-order valence-corrected chi connectivity index (χ1v) is 7.52. The van der Waals surface area contributed by atoms with E-state index >= 15 is 0 Å². The number of carbonyl (C=O) groups excluding carboxylic acids is 1. The summed E-state index contributed by atoms with van der Waals surface area (Å²) in [5.41, 5.74) is 7.01. The average Bonchev–Trinajstić information content (AvgIpc) is 3.02. The predicted molar refractivity (Wildman–Crippen MR) is 99.2 cm³/mol. The summed E-state index contributed by atoms with van der Waals surface area (Å²) in [6.07, 6.45) is 0. The monoisotopic (exact) mass is 377 g/mol. The molecule has 0 aliphatic heterocycles. The predicted octanol–water partition coefficient (Wildman–Crippen LogP) is 3.08. The molecule has 0 aliphatic rings. The van der Waals surface area contributed by atoms with Crippen molar-refractivity contribution < 1.29 is 9.53 Å². The highest BCUT2D eigenvalue weighted by molar-refractivity contribution is 7.13. The number of halogens is 2. The highest BCUT2D eigenvalue weighted by Crippen LogP contribution is 2.26. The van der Waals surface area contributed by atoms with Gasteiger partial charge in [0, 0.05) is 30.6 Å². The number of benzene rings is 1. The van der Waals surface area contributed by atoms with Gasteiger partial charge in [-0.15, -0.1) is 36.2 Å². The maximum Gasteiger partial charge on any atom is 0.273 e. The number of rotatable bonds is 5. The molecule has 0 fully saturated rings. The summed E-state index contributed by atoms with van der Waals surface area (Å²) in [6.45, 7) is 2.34. The van der Waals surface area contributed by atoms with Gasteiger partial charge in [-0.3, -0.25) is 4.79 Å². The van der Waals surface area contributed by atoms with Crippen molar-refractivity contribution in [2.45, 2.75) is 13.0 Å². The number of ether oxygens (including phenoxy) is 1. The molecule has 2 aromatic rings. The summed E-state index contributed by atoms with van der Waals surface area (Å²) in [7, 11) is 3.37. The van der Waals surface area contributed by atoms with E-state index in [1.165, 1.54) is 11.3 Å². The first-order valence-electron chi connectivity index (χ1n) is 6.64. The van der Waals surface area contributed by atoms with E-state index in [0.717, 1.165) is 16.3 Å². The molecule has 0 radical (unpaired) electrons. The van der Waals surface area contributed by atoms with Gasteiger partial charge in [0.25, 0.3) is 5.91 Å².